The van der Waals surface area contributed by atoms with E-state index < -0.39 is 0 Å². The quantitative estimate of drug-likeness (QED) is 0.738. The van der Waals surface area contributed by atoms with Crippen LogP contribution in [0.5, 0.6) is 0 Å². The molecule has 0 aliphatic carbocycles. The molecule has 2 fully saturated rings. The molecule has 3 aliphatic heterocycles. The van der Waals surface area contributed by atoms with Crippen molar-refractivity contribution in [3.63, 3.8) is 0 Å². The highest BCUT2D eigenvalue weighted by Crippen LogP contribution is 2.40. The summed E-state index contributed by atoms with van der Waals surface area (Å²) in [6.07, 6.45) is 4.69. The number of rotatable bonds is 5. The van der Waals surface area contributed by atoms with Crippen molar-refractivity contribution in [3.05, 3.63) is 59.4 Å². The number of piperidine rings is 1. The van der Waals surface area contributed by atoms with E-state index in [0.29, 0.717) is 16.8 Å². The number of hydrogen-bond acceptors (Lipinski definition) is 4. The molecule has 0 bridgehead atoms. The fraction of sp³-hybridized carbons (Fsp3) is 0.423. The SMILES string of the molecule is O=C(CN1C(=O)C2CCCCN2c2ccc(C(=O)N3CCCC3)cc21)NCc1ccccc1F. The smallest absolute Gasteiger partial charge is 0.253 e. The molecule has 5 rings (SSSR count). The largest absolute Gasteiger partial charge is 0.358 e. The van der Waals surface area contributed by atoms with Gasteiger partial charge in [0.2, 0.25) is 11.8 Å². The van der Waals surface area contributed by atoms with E-state index in [-0.39, 0.29) is 42.7 Å². The lowest BCUT2D eigenvalue weighted by Crippen LogP contribution is -2.57. The zero-order chi connectivity index (χ0) is 23.7. The van der Waals surface area contributed by atoms with Gasteiger partial charge >= 0.3 is 0 Å². The van der Waals surface area contributed by atoms with Gasteiger partial charge in [-0.15, -0.1) is 0 Å². The molecule has 0 spiro atoms. The zero-order valence-corrected chi connectivity index (χ0v) is 19.1. The van der Waals surface area contributed by atoms with E-state index >= 15 is 0 Å². The fourth-order valence-corrected chi connectivity index (χ4v) is 5.19. The summed E-state index contributed by atoms with van der Waals surface area (Å²) in [5, 5.41) is 2.73. The van der Waals surface area contributed by atoms with Crippen LogP contribution in [0, 0.1) is 5.82 Å². The number of nitrogens with zero attached hydrogens (tertiary/aromatic N) is 3. The first-order chi connectivity index (χ1) is 16.5. The molecule has 3 amide bonds. The number of likely N-dealkylation sites (tertiary alicyclic amines) is 1. The Hall–Kier alpha value is -3.42. The van der Waals surface area contributed by atoms with Crippen LogP contribution >= 0.6 is 0 Å². The molecule has 34 heavy (non-hydrogen) atoms. The minimum Gasteiger partial charge on any atom is -0.358 e. The Balaban J connectivity index is 1.41. The van der Waals surface area contributed by atoms with E-state index in [2.05, 4.69) is 10.2 Å². The minimum atomic E-state index is -0.384. The number of carbonyl (C=O) groups excluding carboxylic acids is 3. The molecule has 0 saturated carbocycles. The molecule has 178 valence electrons. The van der Waals surface area contributed by atoms with Gasteiger partial charge in [0.25, 0.3) is 5.91 Å². The Kier molecular flexibility index (Phi) is 6.22. The summed E-state index contributed by atoms with van der Waals surface area (Å²) in [4.78, 5) is 44.8. The molecule has 1 atom stereocenters. The lowest BCUT2D eigenvalue weighted by atomic mass is 9.95. The van der Waals surface area contributed by atoms with Gasteiger partial charge in [0, 0.05) is 37.3 Å². The van der Waals surface area contributed by atoms with Gasteiger partial charge in [0.1, 0.15) is 18.4 Å². The molecule has 3 heterocycles. The number of anilines is 2. The van der Waals surface area contributed by atoms with Crippen molar-refractivity contribution in [2.24, 2.45) is 0 Å². The molecule has 1 N–H and O–H groups in total. The highest BCUT2D eigenvalue weighted by molar-refractivity contribution is 6.09. The molecule has 0 aromatic heterocycles. The molecule has 3 aliphatic rings. The molecular weight excluding hydrogens is 435 g/mol. The Morgan fingerprint density at radius 2 is 1.74 bits per heavy atom. The maximum Gasteiger partial charge on any atom is 0.253 e. The van der Waals surface area contributed by atoms with E-state index in [4.69, 9.17) is 0 Å². The van der Waals surface area contributed by atoms with Gasteiger partial charge in [0.05, 0.1) is 11.4 Å². The molecule has 8 heteroatoms. The van der Waals surface area contributed by atoms with Gasteiger partial charge < -0.3 is 15.1 Å². The number of carbonyl (C=O) groups is 3. The summed E-state index contributed by atoms with van der Waals surface area (Å²) in [7, 11) is 0. The Morgan fingerprint density at radius 3 is 2.53 bits per heavy atom. The average molecular weight is 465 g/mol. The average Bonchev–Trinajstić information content (AvgIpc) is 3.40. The second-order valence-corrected chi connectivity index (χ2v) is 9.20. The predicted octanol–water partition coefficient (Wildman–Crippen LogP) is 3.08. The standard InChI is InChI=1S/C26H29FN4O3/c27-20-8-2-1-7-19(20)16-28-24(32)17-31-23-15-18(25(33)29-12-5-6-13-29)10-11-21(23)30-14-4-3-9-22(30)26(31)34/h1-2,7-8,10-11,15,22H,3-6,9,12-14,16-17H2,(H,28,32). The third-order valence-corrected chi connectivity index (χ3v) is 7.01. The van der Waals surface area contributed by atoms with Crippen molar-refractivity contribution in [1.82, 2.24) is 10.2 Å². The summed E-state index contributed by atoms with van der Waals surface area (Å²) >= 11 is 0. The van der Waals surface area contributed by atoms with E-state index in [9.17, 15) is 18.8 Å². The summed E-state index contributed by atoms with van der Waals surface area (Å²) in [6.45, 7) is 2.13. The Bertz CT molecular complexity index is 1110. The molecule has 0 radical (unpaired) electrons. The van der Waals surface area contributed by atoms with Crippen LogP contribution in [0.2, 0.25) is 0 Å². The first kappa shape index (κ1) is 22.4. The number of benzene rings is 2. The van der Waals surface area contributed by atoms with Crippen LogP contribution in [-0.4, -0.2) is 54.8 Å². The van der Waals surface area contributed by atoms with Crippen molar-refractivity contribution >= 4 is 29.1 Å². The lowest BCUT2D eigenvalue weighted by molar-refractivity contribution is -0.125. The third kappa shape index (κ3) is 4.24. The maximum atomic E-state index is 13.9. The fourth-order valence-electron chi connectivity index (χ4n) is 5.19. The highest BCUT2D eigenvalue weighted by atomic mass is 19.1. The van der Waals surface area contributed by atoms with Gasteiger partial charge in [-0.2, -0.15) is 0 Å². The van der Waals surface area contributed by atoms with Gasteiger partial charge in [-0.1, -0.05) is 18.2 Å². The summed E-state index contributed by atoms with van der Waals surface area (Å²) < 4.78 is 13.9. The van der Waals surface area contributed by atoms with Gasteiger partial charge in [-0.25, -0.2) is 4.39 Å². The van der Waals surface area contributed by atoms with Crippen LogP contribution in [-0.2, 0) is 16.1 Å². The number of hydrogen-bond donors (Lipinski definition) is 1. The van der Waals surface area contributed by atoms with E-state index in [1.54, 1.807) is 24.3 Å². The molecule has 2 aromatic rings. The maximum absolute atomic E-state index is 13.9. The van der Waals surface area contributed by atoms with Gasteiger partial charge in [-0.05, 0) is 56.4 Å². The van der Waals surface area contributed by atoms with Crippen molar-refractivity contribution in [1.29, 1.82) is 0 Å². The molecule has 2 aromatic carbocycles. The topological polar surface area (TPSA) is 73.0 Å². The number of nitrogens with one attached hydrogen (secondary N) is 1. The van der Waals surface area contributed by atoms with Crippen LogP contribution in [0.15, 0.2) is 42.5 Å². The highest BCUT2D eigenvalue weighted by Gasteiger charge is 2.40. The van der Waals surface area contributed by atoms with Crippen molar-refractivity contribution in [2.75, 3.05) is 36.0 Å². The predicted molar refractivity (Wildman–Crippen MR) is 127 cm³/mol. The first-order valence-electron chi connectivity index (χ1n) is 12.0. The Labute approximate surface area is 198 Å². The van der Waals surface area contributed by atoms with Crippen LogP contribution in [0.25, 0.3) is 0 Å². The summed E-state index contributed by atoms with van der Waals surface area (Å²) in [6, 6.07) is 11.5. The molecule has 7 nitrogen and oxygen atoms in total. The van der Waals surface area contributed by atoms with Crippen molar-refractivity contribution in [2.45, 2.75) is 44.7 Å². The monoisotopic (exact) mass is 464 g/mol. The Morgan fingerprint density at radius 1 is 0.971 bits per heavy atom. The normalized spacial score (nSPS) is 19.6. The lowest BCUT2D eigenvalue weighted by Gasteiger charge is -2.45. The number of amides is 3. The van der Waals surface area contributed by atoms with E-state index in [1.165, 1.54) is 11.0 Å². The van der Waals surface area contributed by atoms with E-state index in [1.807, 2.05) is 17.0 Å². The van der Waals surface area contributed by atoms with Crippen molar-refractivity contribution < 1.29 is 18.8 Å². The minimum absolute atomic E-state index is 0.0440. The van der Waals surface area contributed by atoms with Gasteiger partial charge in [0.15, 0.2) is 0 Å². The summed E-state index contributed by atoms with van der Waals surface area (Å²) in [5.74, 6) is -0.926. The summed E-state index contributed by atoms with van der Waals surface area (Å²) in [5.41, 5.74) is 2.39. The second-order valence-electron chi connectivity index (χ2n) is 9.20. The van der Waals surface area contributed by atoms with Crippen molar-refractivity contribution in [3.8, 4) is 0 Å². The molecule has 1 unspecified atom stereocenters. The van der Waals surface area contributed by atoms with Gasteiger partial charge in [-0.3, -0.25) is 19.3 Å². The van der Waals surface area contributed by atoms with E-state index in [0.717, 1.165) is 57.4 Å². The van der Waals surface area contributed by atoms with Crippen LogP contribution < -0.4 is 15.1 Å². The van der Waals surface area contributed by atoms with Crippen LogP contribution in [0.1, 0.15) is 48.0 Å². The molecular formula is C26H29FN4O3. The third-order valence-electron chi connectivity index (χ3n) is 7.01. The van der Waals surface area contributed by atoms with Crippen LogP contribution in [0.3, 0.4) is 0 Å². The molecule has 2 saturated heterocycles. The zero-order valence-electron chi connectivity index (χ0n) is 19.1. The number of halogens is 1. The van der Waals surface area contributed by atoms with Crippen LogP contribution in [0.4, 0.5) is 15.8 Å². The first-order valence-corrected chi connectivity index (χ1v) is 12.0. The second kappa shape index (κ2) is 9.44. The number of fused-ring (bicyclic) bond motifs is 3.